The third-order valence-electron chi connectivity index (χ3n) is 2.12. The van der Waals surface area contributed by atoms with E-state index >= 15 is 0 Å². The Hall–Kier alpha value is -1.70. The van der Waals surface area contributed by atoms with Crippen molar-refractivity contribution in [2.24, 2.45) is 0 Å². The molecule has 0 aliphatic carbocycles. The zero-order chi connectivity index (χ0) is 9.26. The zero-order valence-corrected chi connectivity index (χ0v) is 7.41. The highest BCUT2D eigenvalue weighted by Gasteiger charge is 2.00. The SMILES string of the molecule is CNc1cc(O)cc2ccccc12. The summed E-state index contributed by atoms with van der Waals surface area (Å²) in [6.45, 7) is 0. The molecule has 66 valence electrons. The first-order valence-electron chi connectivity index (χ1n) is 4.21. The van der Waals surface area contributed by atoms with Crippen molar-refractivity contribution >= 4 is 16.5 Å². The molecule has 0 spiro atoms. The number of hydrogen-bond donors (Lipinski definition) is 2. The second-order valence-electron chi connectivity index (χ2n) is 2.96. The Morgan fingerprint density at radius 2 is 1.92 bits per heavy atom. The van der Waals surface area contributed by atoms with E-state index in [-0.39, 0.29) is 0 Å². The van der Waals surface area contributed by atoms with E-state index in [0.29, 0.717) is 5.75 Å². The highest BCUT2D eigenvalue weighted by atomic mass is 16.3. The van der Waals surface area contributed by atoms with E-state index in [2.05, 4.69) is 5.32 Å². The maximum absolute atomic E-state index is 9.40. The Morgan fingerprint density at radius 1 is 1.15 bits per heavy atom. The summed E-state index contributed by atoms with van der Waals surface area (Å²) in [6, 6.07) is 11.4. The predicted octanol–water partition coefficient (Wildman–Crippen LogP) is 2.59. The molecule has 0 amide bonds. The van der Waals surface area contributed by atoms with Gasteiger partial charge in [0.05, 0.1) is 0 Å². The van der Waals surface area contributed by atoms with Crippen LogP contribution in [0.3, 0.4) is 0 Å². The van der Waals surface area contributed by atoms with Gasteiger partial charge in [0.1, 0.15) is 5.75 Å². The van der Waals surface area contributed by atoms with Crippen molar-refractivity contribution in [3.63, 3.8) is 0 Å². The molecule has 0 aromatic heterocycles. The number of hydrogen-bond acceptors (Lipinski definition) is 2. The quantitative estimate of drug-likeness (QED) is 0.694. The number of rotatable bonds is 1. The summed E-state index contributed by atoms with van der Waals surface area (Å²) in [5.74, 6) is 0.294. The number of fused-ring (bicyclic) bond motifs is 1. The molecule has 13 heavy (non-hydrogen) atoms. The molecule has 2 heteroatoms. The van der Waals surface area contributed by atoms with Crippen LogP contribution < -0.4 is 5.32 Å². The smallest absolute Gasteiger partial charge is 0.118 e. The second-order valence-corrected chi connectivity index (χ2v) is 2.96. The Kier molecular flexibility index (Phi) is 1.81. The van der Waals surface area contributed by atoms with E-state index in [1.807, 2.05) is 31.3 Å². The van der Waals surface area contributed by atoms with Gasteiger partial charge in [-0.15, -0.1) is 0 Å². The highest BCUT2D eigenvalue weighted by molar-refractivity contribution is 5.95. The fraction of sp³-hybridized carbons (Fsp3) is 0.0909. The number of nitrogens with one attached hydrogen (secondary N) is 1. The Labute approximate surface area is 76.8 Å². The molecule has 2 aromatic rings. The molecule has 0 aliphatic rings. The molecular formula is C11H11NO. The van der Waals surface area contributed by atoms with Crippen molar-refractivity contribution in [1.82, 2.24) is 0 Å². The van der Waals surface area contributed by atoms with Crippen molar-refractivity contribution in [3.05, 3.63) is 36.4 Å². The first-order valence-corrected chi connectivity index (χ1v) is 4.21. The fourth-order valence-corrected chi connectivity index (χ4v) is 1.50. The minimum absolute atomic E-state index is 0.294. The van der Waals surface area contributed by atoms with E-state index in [0.717, 1.165) is 16.5 Å². The van der Waals surface area contributed by atoms with Gasteiger partial charge in [0.15, 0.2) is 0 Å². The molecule has 2 aromatic carbocycles. The van der Waals surface area contributed by atoms with E-state index in [4.69, 9.17) is 0 Å². The minimum atomic E-state index is 0.294. The second kappa shape index (κ2) is 2.98. The lowest BCUT2D eigenvalue weighted by molar-refractivity contribution is 0.476. The molecular weight excluding hydrogens is 162 g/mol. The normalized spacial score (nSPS) is 10.2. The predicted molar refractivity (Wildman–Crippen MR) is 55.2 cm³/mol. The van der Waals surface area contributed by atoms with E-state index in [1.54, 1.807) is 12.1 Å². The van der Waals surface area contributed by atoms with Crippen LogP contribution in [0.15, 0.2) is 36.4 Å². The first kappa shape index (κ1) is 7.92. The number of aromatic hydroxyl groups is 1. The molecule has 0 saturated heterocycles. The lowest BCUT2D eigenvalue weighted by Crippen LogP contribution is -1.88. The molecule has 0 saturated carbocycles. The zero-order valence-electron chi connectivity index (χ0n) is 7.41. The molecule has 0 radical (unpaired) electrons. The molecule has 2 N–H and O–H groups in total. The largest absolute Gasteiger partial charge is 0.508 e. The third-order valence-corrected chi connectivity index (χ3v) is 2.12. The van der Waals surface area contributed by atoms with Crippen LogP contribution in [0.5, 0.6) is 5.75 Å². The summed E-state index contributed by atoms with van der Waals surface area (Å²) in [6.07, 6.45) is 0. The van der Waals surface area contributed by atoms with Gasteiger partial charge < -0.3 is 10.4 Å². The average molecular weight is 173 g/mol. The summed E-state index contributed by atoms with van der Waals surface area (Å²) in [5, 5.41) is 14.6. The number of phenols is 1. The summed E-state index contributed by atoms with van der Waals surface area (Å²) < 4.78 is 0. The summed E-state index contributed by atoms with van der Waals surface area (Å²) >= 11 is 0. The van der Waals surface area contributed by atoms with Gasteiger partial charge >= 0.3 is 0 Å². The summed E-state index contributed by atoms with van der Waals surface area (Å²) in [7, 11) is 1.85. The first-order chi connectivity index (χ1) is 6.31. The van der Waals surface area contributed by atoms with Crippen molar-refractivity contribution in [1.29, 1.82) is 0 Å². The Bertz CT molecular complexity index is 437. The average Bonchev–Trinajstić information content (AvgIpc) is 2.16. The highest BCUT2D eigenvalue weighted by Crippen LogP contribution is 2.27. The molecule has 0 atom stereocenters. The van der Waals surface area contributed by atoms with Crippen molar-refractivity contribution in [2.75, 3.05) is 12.4 Å². The van der Waals surface area contributed by atoms with Crippen molar-refractivity contribution in [3.8, 4) is 5.75 Å². The maximum Gasteiger partial charge on any atom is 0.118 e. The molecule has 0 bridgehead atoms. The topological polar surface area (TPSA) is 32.3 Å². The van der Waals surface area contributed by atoms with Gasteiger partial charge in [-0.25, -0.2) is 0 Å². The van der Waals surface area contributed by atoms with Crippen LogP contribution in [-0.4, -0.2) is 12.2 Å². The Balaban J connectivity index is 2.81. The van der Waals surface area contributed by atoms with Crippen LogP contribution in [0.2, 0.25) is 0 Å². The van der Waals surface area contributed by atoms with Gasteiger partial charge in [-0.1, -0.05) is 24.3 Å². The fourth-order valence-electron chi connectivity index (χ4n) is 1.50. The van der Waals surface area contributed by atoms with Crippen LogP contribution in [0, 0.1) is 0 Å². The van der Waals surface area contributed by atoms with E-state index in [9.17, 15) is 5.11 Å². The van der Waals surface area contributed by atoms with Gasteiger partial charge in [0.2, 0.25) is 0 Å². The van der Waals surface area contributed by atoms with Gasteiger partial charge in [0, 0.05) is 24.2 Å². The number of anilines is 1. The monoisotopic (exact) mass is 173 g/mol. The van der Waals surface area contributed by atoms with Crippen molar-refractivity contribution < 1.29 is 5.11 Å². The summed E-state index contributed by atoms with van der Waals surface area (Å²) in [4.78, 5) is 0. The Morgan fingerprint density at radius 3 is 2.69 bits per heavy atom. The minimum Gasteiger partial charge on any atom is -0.508 e. The molecule has 0 heterocycles. The molecule has 0 unspecified atom stereocenters. The van der Waals surface area contributed by atoms with Crippen LogP contribution in [0.4, 0.5) is 5.69 Å². The van der Waals surface area contributed by atoms with Crippen LogP contribution in [0.1, 0.15) is 0 Å². The molecule has 2 rings (SSSR count). The van der Waals surface area contributed by atoms with Gasteiger partial charge in [-0.05, 0) is 11.5 Å². The standard InChI is InChI=1S/C11H11NO/c1-12-11-7-9(13)6-8-4-2-3-5-10(8)11/h2-7,12-13H,1H3. The van der Waals surface area contributed by atoms with Crippen LogP contribution in [0.25, 0.3) is 10.8 Å². The maximum atomic E-state index is 9.40. The molecule has 0 aliphatic heterocycles. The van der Waals surface area contributed by atoms with Gasteiger partial charge in [0.25, 0.3) is 0 Å². The third kappa shape index (κ3) is 1.31. The van der Waals surface area contributed by atoms with Gasteiger partial charge in [-0.3, -0.25) is 0 Å². The molecule has 0 fully saturated rings. The van der Waals surface area contributed by atoms with Gasteiger partial charge in [-0.2, -0.15) is 0 Å². The van der Waals surface area contributed by atoms with E-state index in [1.165, 1.54) is 0 Å². The lowest BCUT2D eigenvalue weighted by Gasteiger charge is -2.06. The lowest BCUT2D eigenvalue weighted by atomic mass is 10.1. The molecule has 2 nitrogen and oxygen atoms in total. The number of benzene rings is 2. The van der Waals surface area contributed by atoms with Crippen LogP contribution in [-0.2, 0) is 0 Å². The summed E-state index contributed by atoms with van der Waals surface area (Å²) in [5.41, 5.74) is 0.954. The van der Waals surface area contributed by atoms with Crippen LogP contribution >= 0.6 is 0 Å². The number of phenolic OH excluding ortho intramolecular Hbond substituents is 1. The van der Waals surface area contributed by atoms with Crippen molar-refractivity contribution in [2.45, 2.75) is 0 Å². The van der Waals surface area contributed by atoms with E-state index < -0.39 is 0 Å².